The molecule has 0 atom stereocenters. The van der Waals surface area contributed by atoms with Gasteiger partial charge in [0.1, 0.15) is 0 Å². The van der Waals surface area contributed by atoms with Crippen molar-refractivity contribution in [1.29, 1.82) is 0 Å². The van der Waals surface area contributed by atoms with Crippen LogP contribution in [0.15, 0.2) is 103 Å². The van der Waals surface area contributed by atoms with Crippen molar-refractivity contribution in [1.82, 2.24) is 0 Å². The average Bonchev–Trinajstić information content (AvgIpc) is 2.67. The zero-order valence-electron chi connectivity index (χ0n) is 13.3. The topological polar surface area (TPSA) is 15.3 Å². The fourth-order valence-electron chi connectivity index (χ4n) is 2.81. The van der Waals surface area contributed by atoms with Gasteiger partial charge in [0.15, 0.2) is 0 Å². The van der Waals surface area contributed by atoms with Crippen LogP contribution in [0.3, 0.4) is 0 Å². The van der Waals surface area contributed by atoms with E-state index >= 15 is 0 Å². The molecule has 2 heteroatoms. The highest BCUT2D eigenvalue weighted by atomic mass is 15.5. The van der Waals surface area contributed by atoms with Crippen molar-refractivity contribution in [3.8, 4) is 0 Å². The molecule has 0 amide bonds. The molecule has 0 aliphatic heterocycles. The van der Waals surface area contributed by atoms with Crippen LogP contribution in [0.5, 0.6) is 0 Å². The standard InChI is InChI=1S/C22H18N2/c1-3-11-20(12-4-1)23-24(21-13-5-2-6-14-21)22-16-15-18-9-7-8-10-19(18)17-22/h1-17,23H. The number of anilines is 3. The van der Waals surface area contributed by atoms with Gasteiger partial charge in [-0.3, -0.25) is 10.4 Å². The Hall–Kier alpha value is -3.26. The molecule has 0 aromatic heterocycles. The molecule has 0 spiro atoms. The fraction of sp³-hybridized carbons (Fsp3) is 0. The summed E-state index contributed by atoms with van der Waals surface area (Å²) in [6, 6.07) is 35.5. The summed E-state index contributed by atoms with van der Waals surface area (Å²) in [5.41, 5.74) is 6.75. The number of rotatable bonds is 4. The molecule has 0 bridgehead atoms. The van der Waals surface area contributed by atoms with Gasteiger partial charge in [-0.2, -0.15) is 0 Å². The van der Waals surface area contributed by atoms with Gasteiger partial charge in [0.05, 0.1) is 17.1 Å². The third-order valence-electron chi connectivity index (χ3n) is 4.02. The van der Waals surface area contributed by atoms with Crippen LogP contribution in [0, 0.1) is 0 Å². The second kappa shape index (κ2) is 6.47. The van der Waals surface area contributed by atoms with Crippen LogP contribution in [0.1, 0.15) is 0 Å². The van der Waals surface area contributed by atoms with E-state index in [-0.39, 0.29) is 0 Å². The third-order valence-corrected chi connectivity index (χ3v) is 4.02. The second-order valence-corrected chi connectivity index (χ2v) is 5.68. The molecule has 0 radical (unpaired) electrons. The Labute approximate surface area is 142 Å². The summed E-state index contributed by atoms with van der Waals surface area (Å²) < 4.78 is 0. The predicted octanol–water partition coefficient (Wildman–Crippen LogP) is 6.01. The largest absolute Gasteiger partial charge is 0.294 e. The molecule has 0 fully saturated rings. The number of para-hydroxylation sites is 2. The van der Waals surface area contributed by atoms with Gasteiger partial charge in [0.2, 0.25) is 0 Å². The molecule has 4 aromatic rings. The van der Waals surface area contributed by atoms with E-state index in [1.807, 2.05) is 24.3 Å². The van der Waals surface area contributed by atoms with Gasteiger partial charge < -0.3 is 0 Å². The van der Waals surface area contributed by atoms with Crippen molar-refractivity contribution in [3.63, 3.8) is 0 Å². The minimum Gasteiger partial charge on any atom is -0.294 e. The minimum atomic E-state index is 1.05. The van der Waals surface area contributed by atoms with Gasteiger partial charge >= 0.3 is 0 Å². The smallest absolute Gasteiger partial charge is 0.0636 e. The van der Waals surface area contributed by atoms with Crippen LogP contribution in [0.2, 0.25) is 0 Å². The number of fused-ring (bicyclic) bond motifs is 1. The Bertz CT molecular complexity index is 933. The lowest BCUT2D eigenvalue weighted by Gasteiger charge is -2.27. The van der Waals surface area contributed by atoms with Crippen LogP contribution in [-0.2, 0) is 0 Å². The summed E-state index contributed by atoms with van der Waals surface area (Å²) in [4.78, 5) is 0. The van der Waals surface area contributed by atoms with E-state index < -0.39 is 0 Å². The van der Waals surface area contributed by atoms with Gasteiger partial charge in [-0.25, -0.2) is 0 Å². The monoisotopic (exact) mass is 310 g/mol. The molecule has 4 rings (SSSR count). The quantitative estimate of drug-likeness (QED) is 0.465. The molecular formula is C22H18N2. The third kappa shape index (κ3) is 2.95. The van der Waals surface area contributed by atoms with E-state index in [1.165, 1.54) is 10.8 Å². The molecule has 2 nitrogen and oxygen atoms in total. The predicted molar refractivity (Wildman–Crippen MR) is 103 cm³/mol. The first-order valence-electron chi connectivity index (χ1n) is 8.06. The number of hydrogen-bond donors (Lipinski definition) is 1. The maximum atomic E-state index is 3.51. The zero-order valence-corrected chi connectivity index (χ0v) is 13.3. The molecule has 4 aromatic carbocycles. The number of benzene rings is 4. The first-order chi connectivity index (χ1) is 11.9. The molecule has 0 aliphatic rings. The molecule has 1 N–H and O–H groups in total. The molecule has 0 aliphatic carbocycles. The van der Waals surface area contributed by atoms with Crippen molar-refractivity contribution in [3.05, 3.63) is 103 Å². The number of nitrogens with zero attached hydrogens (tertiary/aromatic N) is 1. The first kappa shape index (κ1) is 14.3. The van der Waals surface area contributed by atoms with E-state index in [1.54, 1.807) is 0 Å². The second-order valence-electron chi connectivity index (χ2n) is 5.68. The lowest BCUT2D eigenvalue weighted by atomic mass is 10.1. The normalized spacial score (nSPS) is 10.5. The summed E-state index contributed by atoms with van der Waals surface area (Å²) >= 11 is 0. The summed E-state index contributed by atoms with van der Waals surface area (Å²) in [7, 11) is 0. The Kier molecular flexibility index (Phi) is 3.86. The Morgan fingerprint density at radius 3 is 1.88 bits per heavy atom. The highest BCUT2D eigenvalue weighted by Crippen LogP contribution is 2.29. The van der Waals surface area contributed by atoms with Gasteiger partial charge in [-0.05, 0) is 47.2 Å². The number of hydrazine groups is 1. The Balaban J connectivity index is 1.78. The van der Waals surface area contributed by atoms with Crippen LogP contribution < -0.4 is 10.4 Å². The summed E-state index contributed by atoms with van der Waals surface area (Å²) in [5, 5.41) is 4.58. The summed E-state index contributed by atoms with van der Waals surface area (Å²) in [6.45, 7) is 0. The van der Waals surface area contributed by atoms with Gasteiger partial charge in [-0.15, -0.1) is 0 Å². The number of hydrogen-bond acceptors (Lipinski definition) is 2. The maximum Gasteiger partial charge on any atom is 0.0636 e. The van der Waals surface area contributed by atoms with E-state index in [0.717, 1.165) is 17.1 Å². The zero-order chi connectivity index (χ0) is 16.2. The molecule has 0 heterocycles. The molecule has 0 saturated heterocycles. The highest BCUT2D eigenvalue weighted by molar-refractivity contribution is 5.87. The van der Waals surface area contributed by atoms with Crippen LogP contribution >= 0.6 is 0 Å². The van der Waals surface area contributed by atoms with Crippen molar-refractivity contribution >= 4 is 27.8 Å². The van der Waals surface area contributed by atoms with E-state index in [2.05, 4.69) is 89.3 Å². The van der Waals surface area contributed by atoms with Crippen LogP contribution in [0.4, 0.5) is 17.1 Å². The maximum absolute atomic E-state index is 3.51. The van der Waals surface area contributed by atoms with Gasteiger partial charge in [0, 0.05) is 0 Å². The van der Waals surface area contributed by atoms with E-state index in [4.69, 9.17) is 0 Å². The molecule has 116 valence electrons. The van der Waals surface area contributed by atoms with Crippen molar-refractivity contribution in [2.45, 2.75) is 0 Å². The fourth-order valence-corrected chi connectivity index (χ4v) is 2.81. The van der Waals surface area contributed by atoms with E-state index in [0.29, 0.717) is 0 Å². The first-order valence-corrected chi connectivity index (χ1v) is 8.06. The highest BCUT2D eigenvalue weighted by Gasteiger charge is 2.10. The number of nitrogens with one attached hydrogen (secondary N) is 1. The average molecular weight is 310 g/mol. The van der Waals surface area contributed by atoms with Gasteiger partial charge in [0.25, 0.3) is 0 Å². The van der Waals surface area contributed by atoms with Crippen LogP contribution in [0.25, 0.3) is 10.8 Å². The molecule has 0 saturated carbocycles. The Morgan fingerprint density at radius 1 is 0.500 bits per heavy atom. The van der Waals surface area contributed by atoms with Crippen molar-refractivity contribution in [2.75, 3.05) is 10.4 Å². The lowest BCUT2D eigenvalue weighted by Crippen LogP contribution is -2.24. The van der Waals surface area contributed by atoms with Crippen molar-refractivity contribution in [2.24, 2.45) is 0 Å². The lowest BCUT2D eigenvalue weighted by molar-refractivity contribution is 1.17. The van der Waals surface area contributed by atoms with Crippen LogP contribution in [-0.4, -0.2) is 0 Å². The van der Waals surface area contributed by atoms with E-state index in [9.17, 15) is 0 Å². The molecular weight excluding hydrogens is 292 g/mol. The summed E-state index contributed by atoms with van der Waals surface area (Å²) in [6.07, 6.45) is 0. The minimum absolute atomic E-state index is 1.05. The SMILES string of the molecule is c1ccc(NN(c2ccccc2)c2ccc3ccccc3c2)cc1. The molecule has 24 heavy (non-hydrogen) atoms. The van der Waals surface area contributed by atoms with Crippen molar-refractivity contribution < 1.29 is 0 Å². The summed E-state index contributed by atoms with van der Waals surface area (Å²) in [5.74, 6) is 0. The van der Waals surface area contributed by atoms with Gasteiger partial charge in [-0.1, -0.05) is 66.7 Å². The Morgan fingerprint density at radius 2 is 1.12 bits per heavy atom. The molecule has 0 unspecified atom stereocenters.